The van der Waals surface area contributed by atoms with Crippen LogP contribution in [0.25, 0.3) is 27.4 Å². The second-order valence-corrected chi connectivity index (χ2v) is 6.87. The first-order valence-electron chi connectivity index (χ1n) is 9.11. The Hall–Kier alpha value is -2.19. The molecule has 0 unspecified atom stereocenters. The first-order chi connectivity index (χ1) is 12.6. The zero-order valence-corrected chi connectivity index (χ0v) is 19.3. The van der Waals surface area contributed by atoms with Crippen molar-refractivity contribution in [3.05, 3.63) is 95.7 Å². The summed E-state index contributed by atoms with van der Waals surface area (Å²) in [5, 5.41) is 3.95. The third-order valence-corrected chi connectivity index (χ3v) is 5.15. The van der Waals surface area contributed by atoms with Crippen LogP contribution in [-0.2, 0) is 26.2 Å². The van der Waals surface area contributed by atoms with Crippen LogP contribution in [0.2, 0.25) is 0 Å². The minimum absolute atomic E-state index is 0. The van der Waals surface area contributed by atoms with Crippen molar-refractivity contribution < 1.29 is 35.6 Å². The average Bonchev–Trinajstić information content (AvgIpc) is 3.35. The van der Waals surface area contributed by atoms with E-state index in [4.69, 9.17) is 0 Å². The quantitative estimate of drug-likeness (QED) is 0.366. The molecule has 1 aliphatic rings. The van der Waals surface area contributed by atoms with Crippen LogP contribution >= 0.6 is 0 Å². The van der Waals surface area contributed by atoms with Gasteiger partial charge in [-0.2, -0.15) is 6.08 Å². The Labute approximate surface area is 190 Å². The van der Waals surface area contributed by atoms with Crippen LogP contribution in [0, 0.1) is 19.9 Å². The number of halogens is 2. The number of benzene rings is 2. The average molecular weight is 467 g/mol. The van der Waals surface area contributed by atoms with Crippen LogP contribution in [0.15, 0.2) is 78.4 Å². The van der Waals surface area contributed by atoms with E-state index >= 15 is 0 Å². The molecule has 4 heteroatoms. The van der Waals surface area contributed by atoms with E-state index in [9.17, 15) is 0 Å². The van der Waals surface area contributed by atoms with Gasteiger partial charge in [-0.15, -0.1) is 47.5 Å². The van der Waals surface area contributed by atoms with Crippen molar-refractivity contribution in [3.8, 4) is 5.69 Å². The monoisotopic (exact) mass is 465 g/mol. The maximum absolute atomic E-state index is 3.12. The van der Waals surface area contributed by atoms with Gasteiger partial charge in [0, 0.05) is 11.1 Å². The number of fused-ring (bicyclic) bond motifs is 2. The van der Waals surface area contributed by atoms with E-state index in [0.29, 0.717) is 0 Å². The Balaban J connectivity index is 0.000000408. The van der Waals surface area contributed by atoms with Crippen molar-refractivity contribution >= 4 is 21.7 Å². The zero-order chi connectivity index (χ0) is 18.1. The summed E-state index contributed by atoms with van der Waals surface area (Å²) in [7, 11) is 0. The minimum Gasteiger partial charge on any atom is -1.00 e. The molecule has 1 nitrogen and oxygen atoms in total. The van der Waals surface area contributed by atoms with Crippen LogP contribution in [0.1, 0.15) is 24.6 Å². The van der Waals surface area contributed by atoms with Gasteiger partial charge in [-0.05, 0) is 31.2 Å². The van der Waals surface area contributed by atoms with Crippen LogP contribution in [0.3, 0.4) is 0 Å². The molecular formula is C25H23F2NZr. The predicted molar refractivity (Wildman–Crippen MR) is 112 cm³/mol. The number of allylic oxidation sites excluding steroid dienone is 4. The molecular weight excluding hydrogens is 444 g/mol. The molecule has 0 amide bonds. The van der Waals surface area contributed by atoms with E-state index in [0.717, 1.165) is 6.42 Å². The fourth-order valence-electron chi connectivity index (χ4n) is 3.64. The van der Waals surface area contributed by atoms with E-state index < -0.39 is 0 Å². The molecule has 0 aliphatic heterocycles. The molecule has 5 rings (SSSR count). The van der Waals surface area contributed by atoms with Crippen molar-refractivity contribution in [1.82, 2.24) is 4.57 Å². The number of hydrogen-bond acceptors (Lipinski definition) is 0. The van der Waals surface area contributed by atoms with Gasteiger partial charge < -0.3 is 14.0 Å². The molecule has 0 atom stereocenters. The van der Waals surface area contributed by atoms with Gasteiger partial charge in [0.25, 0.3) is 0 Å². The van der Waals surface area contributed by atoms with Crippen molar-refractivity contribution in [2.24, 2.45) is 0 Å². The molecule has 0 saturated heterocycles. The first kappa shape index (κ1) is 24.9. The van der Waals surface area contributed by atoms with Crippen LogP contribution in [-0.4, -0.2) is 4.57 Å². The summed E-state index contributed by atoms with van der Waals surface area (Å²) in [6, 6.07) is 21.7. The van der Waals surface area contributed by atoms with E-state index in [1.807, 2.05) is 0 Å². The Morgan fingerprint density at radius 1 is 0.931 bits per heavy atom. The Morgan fingerprint density at radius 2 is 1.62 bits per heavy atom. The smallest absolute Gasteiger partial charge is 1.00 e. The maximum Gasteiger partial charge on any atom is 4.00 e. The fourth-order valence-corrected chi connectivity index (χ4v) is 3.64. The Kier molecular flexibility index (Phi) is 9.04. The van der Waals surface area contributed by atoms with Gasteiger partial charge in [0.2, 0.25) is 0 Å². The summed E-state index contributed by atoms with van der Waals surface area (Å²) in [4.78, 5) is 0. The maximum atomic E-state index is 3.12. The number of aromatic nitrogens is 1. The number of aryl methyl sites for hydroxylation is 1. The molecule has 1 aromatic heterocycles. The molecule has 3 aromatic carbocycles. The Bertz CT molecular complexity index is 1110. The summed E-state index contributed by atoms with van der Waals surface area (Å²) in [6.45, 7) is 6.47. The predicted octanol–water partition coefficient (Wildman–Crippen LogP) is 0.821. The van der Waals surface area contributed by atoms with Crippen LogP contribution < -0.4 is 9.41 Å². The second kappa shape index (κ2) is 10.5. The summed E-state index contributed by atoms with van der Waals surface area (Å²) >= 11 is 0. The number of rotatable bonds is 1. The van der Waals surface area contributed by atoms with Gasteiger partial charge in [-0.3, -0.25) is 6.08 Å². The van der Waals surface area contributed by atoms with Crippen LogP contribution in [0.4, 0.5) is 0 Å². The van der Waals surface area contributed by atoms with E-state index in [1.54, 1.807) is 0 Å². The molecule has 0 N–H and O–H groups in total. The standard InChI is InChI=1S/C19H16N.C6H7.2FH.Zr/c1-13-14(2)20(19-10-6-5-9-18(13)19)17-11-15-7-3-4-8-16(15)12-17;1-6-4-2-3-5-6;;;/h3-12H,1-2H3;2,4H,3H2,1H3;2*1H;/q2*-1;;;+4/p-2. The van der Waals surface area contributed by atoms with Gasteiger partial charge in [0.15, 0.2) is 0 Å². The summed E-state index contributed by atoms with van der Waals surface area (Å²) in [6.07, 6.45) is 8.33. The topological polar surface area (TPSA) is 4.93 Å². The Morgan fingerprint density at radius 3 is 2.24 bits per heavy atom. The first-order valence-corrected chi connectivity index (χ1v) is 9.11. The SMILES string of the molecule is CC1=[C-]CC=C1.Cc1c(C)n(-c2cc3ccccc3[cH-]2)c2ccccc12.[F-].[F-].[Zr+4]. The molecule has 1 heterocycles. The minimum atomic E-state index is 0. The van der Waals surface area contributed by atoms with Crippen molar-refractivity contribution in [2.75, 3.05) is 0 Å². The number of nitrogens with zero attached hydrogens (tertiary/aromatic N) is 1. The summed E-state index contributed by atoms with van der Waals surface area (Å²) in [5.41, 5.74) is 6.51. The van der Waals surface area contributed by atoms with Gasteiger partial charge in [-0.25, -0.2) is 11.6 Å². The largest absolute Gasteiger partial charge is 4.00 e. The van der Waals surface area contributed by atoms with Crippen LogP contribution in [0.5, 0.6) is 0 Å². The van der Waals surface area contributed by atoms with E-state index in [2.05, 4.69) is 104 Å². The molecule has 146 valence electrons. The molecule has 29 heavy (non-hydrogen) atoms. The van der Waals surface area contributed by atoms with E-state index in [1.165, 1.54) is 44.2 Å². The molecule has 1 aliphatic carbocycles. The van der Waals surface area contributed by atoms with E-state index in [-0.39, 0.29) is 35.6 Å². The van der Waals surface area contributed by atoms with Crippen molar-refractivity contribution in [2.45, 2.75) is 27.2 Å². The molecule has 0 spiro atoms. The van der Waals surface area contributed by atoms with Crippen molar-refractivity contribution in [1.29, 1.82) is 0 Å². The normalized spacial score (nSPS) is 11.8. The van der Waals surface area contributed by atoms with Gasteiger partial charge in [0.1, 0.15) is 0 Å². The second-order valence-electron chi connectivity index (χ2n) is 6.87. The zero-order valence-electron chi connectivity index (χ0n) is 16.8. The molecule has 0 saturated carbocycles. The fraction of sp³-hybridized carbons (Fsp3) is 0.160. The molecule has 4 aromatic rings. The molecule has 0 radical (unpaired) electrons. The number of para-hydroxylation sites is 1. The van der Waals surface area contributed by atoms with Gasteiger partial charge in [0.05, 0.1) is 5.52 Å². The molecule has 0 bridgehead atoms. The third-order valence-electron chi connectivity index (χ3n) is 5.15. The summed E-state index contributed by atoms with van der Waals surface area (Å²) in [5.74, 6) is 0. The molecule has 0 fully saturated rings. The summed E-state index contributed by atoms with van der Waals surface area (Å²) < 4.78 is 2.37. The van der Waals surface area contributed by atoms with Crippen molar-refractivity contribution in [3.63, 3.8) is 0 Å². The van der Waals surface area contributed by atoms with Gasteiger partial charge in [-0.1, -0.05) is 31.2 Å². The third kappa shape index (κ3) is 4.87. The van der Waals surface area contributed by atoms with Gasteiger partial charge >= 0.3 is 26.2 Å². The number of hydrogen-bond donors (Lipinski definition) is 0.